The molecule has 0 radical (unpaired) electrons. The first-order valence-electron chi connectivity index (χ1n) is 7.48. The Morgan fingerprint density at radius 2 is 1.64 bits per heavy atom. The Kier molecular flexibility index (Phi) is 4.81. The zero-order chi connectivity index (χ0) is 17.7. The van der Waals surface area contributed by atoms with Crippen molar-refractivity contribution in [2.24, 2.45) is 0 Å². The van der Waals surface area contributed by atoms with Gasteiger partial charge in [-0.2, -0.15) is 0 Å². The molecule has 0 aliphatic rings. The van der Waals surface area contributed by atoms with Gasteiger partial charge in [0.15, 0.2) is 5.78 Å². The lowest BCUT2D eigenvalue weighted by molar-refractivity contribution is 0.104. The predicted octanol–water partition coefficient (Wildman–Crippen LogP) is 3.98. The molecule has 0 aliphatic heterocycles. The summed E-state index contributed by atoms with van der Waals surface area (Å²) in [5.41, 5.74) is 0.834. The van der Waals surface area contributed by atoms with Crippen molar-refractivity contribution in [3.8, 4) is 0 Å². The molecule has 1 aromatic heterocycles. The van der Waals surface area contributed by atoms with Crippen LogP contribution in [0.25, 0.3) is 6.08 Å². The lowest BCUT2D eigenvalue weighted by Gasteiger charge is -2.08. The summed E-state index contributed by atoms with van der Waals surface area (Å²) in [5.74, 6) is 0.384. The second-order valence-electron chi connectivity index (χ2n) is 5.21. The van der Waals surface area contributed by atoms with E-state index in [9.17, 15) is 13.2 Å². The summed E-state index contributed by atoms with van der Waals surface area (Å²) in [6.07, 6.45) is 4.51. The van der Waals surface area contributed by atoms with Crippen molar-refractivity contribution in [3.05, 3.63) is 90.4 Å². The van der Waals surface area contributed by atoms with E-state index in [1.165, 1.54) is 24.5 Å². The molecule has 25 heavy (non-hydrogen) atoms. The van der Waals surface area contributed by atoms with Crippen LogP contribution in [0.5, 0.6) is 0 Å². The van der Waals surface area contributed by atoms with Crippen LogP contribution in [0, 0.1) is 0 Å². The number of nitrogens with one attached hydrogen (secondary N) is 1. The second kappa shape index (κ2) is 7.19. The zero-order valence-corrected chi connectivity index (χ0v) is 13.9. The highest BCUT2D eigenvalue weighted by Gasteiger charge is 2.13. The molecule has 5 nitrogen and oxygen atoms in total. The number of carbonyl (C=O) groups excluding carboxylic acids is 1. The minimum atomic E-state index is -3.65. The largest absolute Gasteiger partial charge is 0.465 e. The molecule has 3 aromatic rings. The van der Waals surface area contributed by atoms with Crippen LogP contribution in [0.15, 0.2) is 88.4 Å². The Hall–Kier alpha value is -3.12. The molecule has 0 aliphatic carbocycles. The van der Waals surface area contributed by atoms with Gasteiger partial charge < -0.3 is 4.42 Å². The van der Waals surface area contributed by atoms with Crippen molar-refractivity contribution in [3.63, 3.8) is 0 Å². The van der Waals surface area contributed by atoms with Crippen LogP contribution >= 0.6 is 0 Å². The molecule has 0 unspecified atom stereocenters. The van der Waals surface area contributed by atoms with Gasteiger partial charge in [-0.05, 0) is 60.7 Å². The summed E-state index contributed by atoms with van der Waals surface area (Å²) in [6, 6.07) is 17.8. The normalized spacial score (nSPS) is 11.5. The first-order chi connectivity index (χ1) is 12.0. The third kappa shape index (κ3) is 4.24. The molecule has 3 rings (SSSR count). The van der Waals surface area contributed by atoms with E-state index in [2.05, 4.69) is 4.72 Å². The third-order valence-corrected chi connectivity index (χ3v) is 4.81. The lowest BCUT2D eigenvalue weighted by Crippen LogP contribution is -2.12. The van der Waals surface area contributed by atoms with Crippen molar-refractivity contribution < 1.29 is 17.6 Å². The molecule has 126 valence electrons. The van der Waals surface area contributed by atoms with E-state index in [4.69, 9.17) is 4.42 Å². The molecular weight excluding hydrogens is 338 g/mol. The summed E-state index contributed by atoms with van der Waals surface area (Å²) in [5, 5.41) is 0. The van der Waals surface area contributed by atoms with Gasteiger partial charge in [0.1, 0.15) is 5.76 Å². The van der Waals surface area contributed by atoms with Gasteiger partial charge in [-0.1, -0.05) is 18.2 Å². The molecule has 6 heteroatoms. The highest BCUT2D eigenvalue weighted by Crippen LogP contribution is 2.17. The number of ketones is 1. The van der Waals surface area contributed by atoms with Crippen LogP contribution in [0.3, 0.4) is 0 Å². The lowest BCUT2D eigenvalue weighted by atomic mass is 10.1. The van der Waals surface area contributed by atoms with Gasteiger partial charge in [-0.15, -0.1) is 0 Å². The zero-order valence-electron chi connectivity index (χ0n) is 13.1. The van der Waals surface area contributed by atoms with E-state index in [-0.39, 0.29) is 10.7 Å². The quantitative estimate of drug-likeness (QED) is 0.537. The van der Waals surface area contributed by atoms with Crippen LogP contribution in [-0.2, 0) is 10.0 Å². The van der Waals surface area contributed by atoms with Gasteiger partial charge in [0.05, 0.1) is 11.2 Å². The van der Waals surface area contributed by atoms with Crippen LogP contribution < -0.4 is 4.72 Å². The number of allylic oxidation sites excluding steroid dienone is 1. The van der Waals surface area contributed by atoms with Gasteiger partial charge in [-0.25, -0.2) is 8.42 Å². The van der Waals surface area contributed by atoms with Crippen molar-refractivity contribution >= 4 is 27.6 Å². The van der Waals surface area contributed by atoms with E-state index >= 15 is 0 Å². The van der Waals surface area contributed by atoms with E-state index < -0.39 is 10.0 Å². The molecular formula is C19H15NO4S. The van der Waals surface area contributed by atoms with Crippen LogP contribution in [0.1, 0.15) is 16.1 Å². The summed E-state index contributed by atoms with van der Waals surface area (Å²) in [7, 11) is -3.65. The Bertz CT molecular complexity index is 974. The number of sulfonamides is 1. The average Bonchev–Trinajstić information content (AvgIpc) is 3.14. The van der Waals surface area contributed by atoms with Gasteiger partial charge in [0.2, 0.25) is 0 Å². The van der Waals surface area contributed by atoms with E-state index in [0.717, 1.165) is 0 Å². The maximum atomic E-state index is 12.3. The van der Waals surface area contributed by atoms with Crippen molar-refractivity contribution in [1.29, 1.82) is 0 Å². The van der Waals surface area contributed by atoms with E-state index in [1.807, 2.05) is 0 Å². The highest BCUT2D eigenvalue weighted by molar-refractivity contribution is 7.92. The topological polar surface area (TPSA) is 76.4 Å². The molecule has 0 bridgehead atoms. The maximum absolute atomic E-state index is 12.3. The van der Waals surface area contributed by atoms with Crippen molar-refractivity contribution in [2.75, 3.05) is 4.72 Å². The van der Waals surface area contributed by atoms with Crippen LogP contribution in [0.2, 0.25) is 0 Å². The first kappa shape index (κ1) is 16.7. The Balaban J connectivity index is 1.71. The van der Waals surface area contributed by atoms with Gasteiger partial charge in [0, 0.05) is 11.3 Å². The second-order valence-corrected chi connectivity index (χ2v) is 6.89. The number of rotatable bonds is 6. The maximum Gasteiger partial charge on any atom is 0.261 e. The van der Waals surface area contributed by atoms with E-state index in [0.29, 0.717) is 17.0 Å². The van der Waals surface area contributed by atoms with Gasteiger partial charge >= 0.3 is 0 Å². The monoisotopic (exact) mass is 353 g/mol. The smallest absolute Gasteiger partial charge is 0.261 e. The van der Waals surface area contributed by atoms with Crippen LogP contribution in [-0.4, -0.2) is 14.2 Å². The molecule has 0 amide bonds. The summed E-state index contributed by atoms with van der Waals surface area (Å²) in [6.45, 7) is 0. The van der Waals surface area contributed by atoms with Crippen molar-refractivity contribution in [1.82, 2.24) is 0 Å². The molecule has 1 N–H and O–H groups in total. The summed E-state index contributed by atoms with van der Waals surface area (Å²) in [4.78, 5) is 12.3. The fraction of sp³-hybridized carbons (Fsp3) is 0. The van der Waals surface area contributed by atoms with Crippen molar-refractivity contribution in [2.45, 2.75) is 4.90 Å². The molecule has 0 atom stereocenters. The fourth-order valence-corrected chi connectivity index (χ4v) is 3.24. The van der Waals surface area contributed by atoms with Crippen LogP contribution in [0.4, 0.5) is 5.69 Å². The molecule has 0 saturated carbocycles. The Labute approximate surface area is 145 Å². The first-order valence-corrected chi connectivity index (χ1v) is 8.97. The molecule has 2 aromatic carbocycles. The number of anilines is 1. The summed E-state index contributed by atoms with van der Waals surface area (Å²) >= 11 is 0. The summed E-state index contributed by atoms with van der Waals surface area (Å²) < 4.78 is 32.1. The van der Waals surface area contributed by atoms with E-state index in [1.54, 1.807) is 60.7 Å². The Morgan fingerprint density at radius 1 is 0.920 bits per heavy atom. The average molecular weight is 353 g/mol. The number of hydrogen-bond donors (Lipinski definition) is 1. The minimum absolute atomic E-state index is 0.177. The number of furan rings is 1. The number of benzene rings is 2. The molecule has 1 heterocycles. The van der Waals surface area contributed by atoms with Gasteiger partial charge in [0.25, 0.3) is 10.0 Å². The SMILES string of the molecule is O=C(/C=C/c1ccco1)c1ccc(NS(=O)(=O)c2ccccc2)cc1. The standard InChI is InChI=1S/C19H15NO4S/c21-19(13-12-17-5-4-14-24-17)15-8-10-16(11-9-15)20-25(22,23)18-6-2-1-3-7-18/h1-14,20H/b13-12+. The Morgan fingerprint density at radius 3 is 2.28 bits per heavy atom. The third-order valence-electron chi connectivity index (χ3n) is 3.42. The molecule has 0 fully saturated rings. The molecule has 0 saturated heterocycles. The predicted molar refractivity (Wildman–Crippen MR) is 95.8 cm³/mol. The number of carbonyl (C=O) groups is 1. The minimum Gasteiger partial charge on any atom is -0.465 e. The number of hydrogen-bond acceptors (Lipinski definition) is 4. The molecule has 0 spiro atoms. The highest BCUT2D eigenvalue weighted by atomic mass is 32.2. The fourth-order valence-electron chi connectivity index (χ4n) is 2.16. The van der Waals surface area contributed by atoms with Gasteiger partial charge in [-0.3, -0.25) is 9.52 Å².